The van der Waals surface area contributed by atoms with Crippen molar-refractivity contribution in [2.24, 2.45) is 5.92 Å². The molecule has 0 radical (unpaired) electrons. The number of H-pyrrole nitrogens is 1. The second-order valence-electron chi connectivity index (χ2n) is 7.24. The van der Waals surface area contributed by atoms with Crippen LogP contribution in [0.5, 0.6) is 0 Å². The number of aromatic nitrogens is 2. The van der Waals surface area contributed by atoms with Gasteiger partial charge < -0.3 is 14.8 Å². The van der Waals surface area contributed by atoms with Crippen molar-refractivity contribution in [3.8, 4) is 0 Å². The highest BCUT2D eigenvalue weighted by molar-refractivity contribution is 6.00. The maximum absolute atomic E-state index is 14.1. The fourth-order valence-corrected chi connectivity index (χ4v) is 3.77. The van der Waals surface area contributed by atoms with Crippen molar-refractivity contribution in [1.82, 2.24) is 14.9 Å². The number of carbonyl (C=O) groups is 2. The van der Waals surface area contributed by atoms with Gasteiger partial charge in [-0.15, -0.1) is 0 Å². The minimum atomic E-state index is -0.579. The Labute approximate surface area is 172 Å². The van der Waals surface area contributed by atoms with E-state index in [1.165, 1.54) is 17.0 Å². The minimum Gasteiger partial charge on any atom is -0.335 e. The second-order valence-corrected chi connectivity index (χ2v) is 7.24. The zero-order chi connectivity index (χ0) is 21.3. The number of aromatic amines is 1. The van der Waals surface area contributed by atoms with E-state index in [0.717, 1.165) is 0 Å². The molecular weight excluding hydrogens is 387 g/mol. The van der Waals surface area contributed by atoms with Crippen LogP contribution in [0.4, 0.5) is 10.1 Å². The molecule has 30 heavy (non-hydrogen) atoms. The van der Waals surface area contributed by atoms with E-state index in [1.807, 2.05) is 6.92 Å². The lowest BCUT2D eigenvalue weighted by atomic mass is 10.1. The van der Waals surface area contributed by atoms with Gasteiger partial charge in [0.25, 0.3) is 5.56 Å². The average molecular weight is 408 g/mol. The van der Waals surface area contributed by atoms with Crippen molar-refractivity contribution in [2.45, 2.75) is 19.9 Å². The average Bonchev–Trinajstić information content (AvgIpc) is 3.13. The largest absolute Gasteiger partial charge is 0.335 e. The molecule has 4 rings (SSSR count). The third kappa shape index (κ3) is 3.68. The molecule has 1 unspecified atom stereocenters. The van der Waals surface area contributed by atoms with Crippen LogP contribution in [-0.2, 0) is 16.1 Å². The van der Waals surface area contributed by atoms with E-state index < -0.39 is 11.7 Å². The topological polar surface area (TPSA) is 86.4 Å². The third-order valence-corrected chi connectivity index (χ3v) is 5.31. The number of nitrogens with zero attached hydrogens (tertiary/aromatic N) is 3. The molecule has 0 saturated carbocycles. The monoisotopic (exact) mass is 408 g/mol. The molecule has 3 aromatic rings. The highest BCUT2D eigenvalue weighted by atomic mass is 19.1. The van der Waals surface area contributed by atoms with Crippen molar-refractivity contribution >= 4 is 28.4 Å². The minimum absolute atomic E-state index is 0.0192. The number of hydrogen-bond acceptors (Lipinski definition) is 4. The first-order valence-corrected chi connectivity index (χ1v) is 9.79. The van der Waals surface area contributed by atoms with Crippen LogP contribution in [0.15, 0.2) is 53.3 Å². The zero-order valence-electron chi connectivity index (χ0n) is 16.5. The molecular formula is C22H21FN4O3. The van der Waals surface area contributed by atoms with Gasteiger partial charge in [-0.3, -0.25) is 14.4 Å². The molecule has 0 spiro atoms. The van der Waals surface area contributed by atoms with Crippen LogP contribution in [0.1, 0.15) is 19.2 Å². The first kappa shape index (κ1) is 19.8. The third-order valence-electron chi connectivity index (χ3n) is 5.31. The van der Waals surface area contributed by atoms with Crippen LogP contribution >= 0.6 is 0 Å². The van der Waals surface area contributed by atoms with Crippen LogP contribution in [-0.4, -0.2) is 39.8 Å². The van der Waals surface area contributed by atoms with E-state index in [2.05, 4.69) is 9.97 Å². The first-order chi connectivity index (χ1) is 14.5. The van der Waals surface area contributed by atoms with Gasteiger partial charge in [0.2, 0.25) is 11.8 Å². The van der Waals surface area contributed by atoms with Crippen LogP contribution in [0.2, 0.25) is 0 Å². The molecule has 8 heteroatoms. The Morgan fingerprint density at radius 1 is 1.20 bits per heavy atom. The fraction of sp³-hybridized carbons (Fsp3) is 0.273. The Hall–Kier alpha value is -3.55. The molecule has 1 N–H and O–H groups in total. The van der Waals surface area contributed by atoms with Gasteiger partial charge in [-0.1, -0.05) is 24.3 Å². The van der Waals surface area contributed by atoms with Gasteiger partial charge in [0, 0.05) is 19.5 Å². The number of halogens is 1. The summed E-state index contributed by atoms with van der Waals surface area (Å²) in [6.07, 6.45) is 0.0192. The van der Waals surface area contributed by atoms with Crippen molar-refractivity contribution in [3.63, 3.8) is 0 Å². The van der Waals surface area contributed by atoms with E-state index in [-0.39, 0.29) is 42.6 Å². The Morgan fingerprint density at radius 2 is 1.93 bits per heavy atom. The number of benzene rings is 2. The fourth-order valence-electron chi connectivity index (χ4n) is 3.77. The van der Waals surface area contributed by atoms with E-state index in [1.54, 1.807) is 41.3 Å². The summed E-state index contributed by atoms with van der Waals surface area (Å²) in [5.41, 5.74) is 0.476. The van der Waals surface area contributed by atoms with E-state index in [9.17, 15) is 18.8 Å². The molecule has 1 aromatic heterocycles. The molecule has 1 fully saturated rings. The van der Waals surface area contributed by atoms with Crippen molar-refractivity contribution in [1.29, 1.82) is 0 Å². The zero-order valence-corrected chi connectivity index (χ0v) is 16.5. The van der Waals surface area contributed by atoms with Crippen LogP contribution < -0.4 is 10.5 Å². The summed E-state index contributed by atoms with van der Waals surface area (Å²) in [5, 5.41) is 0.484. The van der Waals surface area contributed by atoms with Gasteiger partial charge in [0.15, 0.2) is 0 Å². The summed E-state index contributed by atoms with van der Waals surface area (Å²) in [6.45, 7) is 2.46. The molecule has 7 nitrogen and oxygen atoms in total. The van der Waals surface area contributed by atoms with Gasteiger partial charge in [0.1, 0.15) is 11.6 Å². The number of carbonyl (C=O) groups excluding carboxylic acids is 2. The predicted octanol–water partition coefficient (Wildman–Crippen LogP) is 2.46. The van der Waals surface area contributed by atoms with Crippen LogP contribution in [0.25, 0.3) is 10.9 Å². The molecule has 154 valence electrons. The van der Waals surface area contributed by atoms with Gasteiger partial charge in [-0.2, -0.15) is 0 Å². The quantitative estimate of drug-likeness (QED) is 0.703. The highest BCUT2D eigenvalue weighted by Crippen LogP contribution is 2.28. The second kappa shape index (κ2) is 8.06. The summed E-state index contributed by atoms with van der Waals surface area (Å²) in [6, 6.07) is 13.0. The first-order valence-electron chi connectivity index (χ1n) is 9.79. The molecule has 2 aromatic carbocycles. The van der Waals surface area contributed by atoms with Crippen LogP contribution in [0, 0.1) is 11.7 Å². The molecule has 1 saturated heterocycles. The summed E-state index contributed by atoms with van der Waals surface area (Å²) in [5.74, 6) is -1.20. The molecule has 1 atom stereocenters. The molecule has 2 amide bonds. The number of rotatable bonds is 5. The number of nitrogens with one attached hydrogen (secondary N) is 1. The van der Waals surface area contributed by atoms with Crippen molar-refractivity contribution in [2.75, 3.05) is 18.0 Å². The van der Waals surface area contributed by atoms with Gasteiger partial charge in [-0.05, 0) is 31.2 Å². The Kier molecular flexibility index (Phi) is 5.31. The van der Waals surface area contributed by atoms with Gasteiger partial charge in [-0.25, -0.2) is 9.37 Å². The lowest BCUT2D eigenvalue weighted by Crippen LogP contribution is -2.37. The molecule has 1 aliphatic heterocycles. The SMILES string of the molecule is CCN(Cc1nc2ccccc2c(=O)[nH]1)C(=O)C1CC(=O)N(c2ccccc2F)C1. The number of amides is 2. The smallest absolute Gasteiger partial charge is 0.258 e. The predicted molar refractivity (Wildman–Crippen MR) is 110 cm³/mol. The van der Waals surface area contributed by atoms with Crippen LogP contribution in [0.3, 0.4) is 0 Å². The number of hydrogen-bond donors (Lipinski definition) is 1. The Balaban J connectivity index is 1.53. The van der Waals surface area contributed by atoms with Gasteiger partial charge in [0.05, 0.1) is 29.1 Å². The van der Waals surface area contributed by atoms with E-state index >= 15 is 0 Å². The lowest BCUT2D eigenvalue weighted by Gasteiger charge is -2.24. The maximum Gasteiger partial charge on any atom is 0.258 e. The summed E-state index contributed by atoms with van der Waals surface area (Å²) >= 11 is 0. The molecule has 0 bridgehead atoms. The number of anilines is 1. The van der Waals surface area contributed by atoms with Crippen molar-refractivity contribution < 1.29 is 14.0 Å². The summed E-state index contributed by atoms with van der Waals surface area (Å²) in [7, 11) is 0. The molecule has 2 heterocycles. The van der Waals surface area contributed by atoms with Gasteiger partial charge >= 0.3 is 0 Å². The lowest BCUT2D eigenvalue weighted by molar-refractivity contribution is -0.136. The van der Waals surface area contributed by atoms with E-state index in [4.69, 9.17) is 0 Å². The van der Waals surface area contributed by atoms with Crippen molar-refractivity contribution in [3.05, 3.63) is 70.5 Å². The summed E-state index contributed by atoms with van der Waals surface area (Å²) < 4.78 is 14.1. The Bertz CT molecular complexity index is 1180. The summed E-state index contributed by atoms with van der Waals surface area (Å²) in [4.78, 5) is 47.8. The molecule has 0 aliphatic carbocycles. The Morgan fingerprint density at radius 3 is 2.70 bits per heavy atom. The standard InChI is InChI=1S/C22H21FN4O3/c1-2-26(13-19-24-17-9-5-3-7-15(17)21(29)25-19)22(30)14-11-20(28)27(12-14)18-10-6-4-8-16(18)23/h3-10,14H,2,11-13H2,1H3,(H,24,25,29). The number of fused-ring (bicyclic) bond motifs is 1. The molecule has 1 aliphatic rings. The maximum atomic E-state index is 14.1. The van der Waals surface area contributed by atoms with E-state index in [0.29, 0.717) is 23.3 Å². The number of para-hydroxylation sites is 2. The highest BCUT2D eigenvalue weighted by Gasteiger charge is 2.37. The normalized spacial score (nSPS) is 16.3.